The first-order valence-electron chi connectivity index (χ1n) is 9.04. The Morgan fingerprint density at radius 2 is 2.04 bits per heavy atom. The van der Waals surface area contributed by atoms with Crippen LogP contribution in [-0.2, 0) is 0 Å². The number of allylic oxidation sites excluding steroid dienone is 1. The molecule has 1 aromatic carbocycles. The second-order valence-electron chi connectivity index (χ2n) is 6.51. The normalized spacial score (nSPS) is 14.2. The van der Waals surface area contributed by atoms with Gasteiger partial charge in [-0.15, -0.1) is 5.10 Å². The molecule has 0 saturated heterocycles. The van der Waals surface area contributed by atoms with E-state index in [9.17, 15) is 4.79 Å². The van der Waals surface area contributed by atoms with Gasteiger partial charge in [0.1, 0.15) is 5.52 Å². The Kier molecular flexibility index (Phi) is 4.73. The number of nitrogens with zero attached hydrogens (tertiary/aromatic N) is 4. The van der Waals surface area contributed by atoms with Crippen molar-refractivity contribution in [1.82, 2.24) is 25.3 Å². The zero-order chi connectivity index (χ0) is 17.8. The molecule has 1 aliphatic rings. The Labute approximate surface area is 151 Å². The van der Waals surface area contributed by atoms with Crippen molar-refractivity contribution >= 4 is 17.1 Å². The van der Waals surface area contributed by atoms with E-state index >= 15 is 0 Å². The third-order valence-corrected chi connectivity index (χ3v) is 4.70. The zero-order valence-corrected chi connectivity index (χ0v) is 14.6. The molecule has 0 bridgehead atoms. The Morgan fingerprint density at radius 3 is 2.85 bits per heavy atom. The maximum atomic E-state index is 12.3. The van der Waals surface area contributed by atoms with Gasteiger partial charge in [-0.25, -0.2) is 4.98 Å². The largest absolute Gasteiger partial charge is 0.352 e. The van der Waals surface area contributed by atoms with Crippen LogP contribution >= 0.6 is 0 Å². The van der Waals surface area contributed by atoms with Gasteiger partial charge in [0.25, 0.3) is 5.91 Å². The van der Waals surface area contributed by atoms with Gasteiger partial charge < -0.3 is 5.32 Å². The van der Waals surface area contributed by atoms with E-state index in [0.717, 1.165) is 17.6 Å². The predicted molar refractivity (Wildman–Crippen MR) is 100 cm³/mol. The van der Waals surface area contributed by atoms with Gasteiger partial charge in [-0.3, -0.25) is 4.79 Å². The van der Waals surface area contributed by atoms with Gasteiger partial charge in [-0.05, 0) is 68.5 Å². The van der Waals surface area contributed by atoms with Gasteiger partial charge in [-0.1, -0.05) is 16.9 Å². The number of pyridine rings is 1. The topological polar surface area (TPSA) is 72.7 Å². The van der Waals surface area contributed by atoms with Crippen LogP contribution in [-0.4, -0.2) is 32.4 Å². The Hall–Kier alpha value is -3.02. The number of nitrogens with one attached hydrogen (secondary N) is 1. The molecule has 0 aliphatic heterocycles. The lowest BCUT2D eigenvalue weighted by atomic mass is 9.97. The Balaban J connectivity index is 1.40. The van der Waals surface area contributed by atoms with Crippen LogP contribution in [0.3, 0.4) is 0 Å². The van der Waals surface area contributed by atoms with Crippen LogP contribution in [0.15, 0.2) is 54.2 Å². The molecule has 2 heterocycles. The molecule has 0 saturated carbocycles. The summed E-state index contributed by atoms with van der Waals surface area (Å²) < 4.78 is 1.67. The number of rotatable bonds is 5. The summed E-state index contributed by atoms with van der Waals surface area (Å²) in [4.78, 5) is 16.6. The number of aromatic nitrogens is 4. The van der Waals surface area contributed by atoms with Gasteiger partial charge in [0, 0.05) is 18.3 Å². The van der Waals surface area contributed by atoms with Crippen molar-refractivity contribution in [2.45, 2.75) is 32.1 Å². The minimum absolute atomic E-state index is 0.0467. The summed E-state index contributed by atoms with van der Waals surface area (Å²) in [5, 5.41) is 11.2. The van der Waals surface area contributed by atoms with Crippen LogP contribution in [0.1, 0.15) is 42.5 Å². The highest BCUT2D eigenvalue weighted by molar-refractivity contribution is 5.94. The van der Waals surface area contributed by atoms with E-state index in [1.807, 2.05) is 24.3 Å². The second-order valence-corrected chi connectivity index (χ2v) is 6.51. The van der Waals surface area contributed by atoms with Crippen molar-refractivity contribution in [1.29, 1.82) is 0 Å². The molecule has 0 fully saturated rings. The standard InChI is InChI=1S/C20H21N5O/c26-20(22-14-12-15-5-2-1-3-6-15)16-8-10-17(11-9-16)25-19-18(23-24-25)7-4-13-21-19/h4-5,7-11,13H,1-3,6,12,14H2,(H,22,26). The van der Waals surface area contributed by atoms with Crippen LogP contribution in [0.25, 0.3) is 16.9 Å². The summed E-state index contributed by atoms with van der Waals surface area (Å²) in [5.74, 6) is -0.0467. The zero-order valence-electron chi connectivity index (χ0n) is 14.6. The summed E-state index contributed by atoms with van der Waals surface area (Å²) in [6.07, 6.45) is 9.89. The summed E-state index contributed by atoms with van der Waals surface area (Å²) in [6.45, 7) is 0.685. The lowest BCUT2D eigenvalue weighted by molar-refractivity contribution is 0.0954. The molecule has 6 nitrogen and oxygen atoms in total. The number of carbonyl (C=O) groups is 1. The molecule has 0 atom stereocenters. The average molecular weight is 347 g/mol. The van der Waals surface area contributed by atoms with Gasteiger partial charge in [0.05, 0.1) is 5.69 Å². The first-order chi connectivity index (χ1) is 12.8. The minimum atomic E-state index is -0.0467. The average Bonchev–Trinajstić information content (AvgIpc) is 3.13. The van der Waals surface area contributed by atoms with Crippen molar-refractivity contribution in [3.05, 3.63) is 59.8 Å². The molecule has 6 heteroatoms. The number of hydrogen-bond acceptors (Lipinski definition) is 4. The monoisotopic (exact) mass is 347 g/mol. The van der Waals surface area contributed by atoms with Crippen molar-refractivity contribution in [2.24, 2.45) is 0 Å². The number of benzene rings is 1. The molecule has 1 amide bonds. The first kappa shape index (κ1) is 16.4. The molecule has 0 radical (unpaired) electrons. The van der Waals surface area contributed by atoms with Gasteiger partial charge in [-0.2, -0.15) is 4.68 Å². The number of hydrogen-bond donors (Lipinski definition) is 1. The number of fused-ring (bicyclic) bond motifs is 1. The Bertz CT molecular complexity index is 942. The number of carbonyl (C=O) groups excluding carboxylic acids is 1. The van der Waals surface area contributed by atoms with E-state index in [-0.39, 0.29) is 5.91 Å². The van der Waals surface area contributed by atoms with E-state index in [1.54, 1.807) is 23.0 Å². The maximum absolute atomic E-state index is 12.3. The summed E-state index contributed by atoms with van der Waals surface area (Å²) in [5.41, 5.74) is 4.38. The molecule has 0 spiro atoms. The van der Waals surface area contributed by atoms with Crippen LogP contribution < -0.4 is 5.32 Å². The third kappa shape index (κ3) is 3.49. The number of amides is 1. The van der Waals surface area contributed by atoms with Crippen LogP contribution in [0.2, 0.25) is 0 Å². The predicted octanol–water partition coefficient (Wildman–Crippen LogP) is 3.44. The van der Waals surface area contributed by atoms with Crippen molar-refractivity contribution in [3.63, 3.8) is 0 Å². The summed E-state index contributed by atoms with van der Waals surface area (Å²) in [7, 11) is 0. The molecule has 132 valence electrons. The quantitative estimate of drug-likeness (QED) is 0.718. The second kappa shape index (κ2) is 7.47. The van der Waals surface area contributed by atoms with Gasteiger partial charge in [0.2, 0.25) is 0 Å². The van der Waals surface area contributed by atoms with Crippen molar-refractivity contribution in [3.8, 4) is 5.69 Å². The fraction of sp³-hybridized carbons (Fsp3) is 0.300. The van der Waals surface area contributed by atoms with Crippen molar-refractivity contribution in [2.75, 3.05) is 6.54 Å². The molecule has 1 aliphatic carbocycles. The lowest BCUT2D eigenvalue weighted by Gasteiger charge is -2.13. The van der Waals surface area contributed by atoms with E-state index in [4.69, 9.17) is 0 Å². The smallest absolute Gasteiger partial charge is 0.251 e. The lowest BCUT2D eigenvalue weighted by Crippen LogP contribution is -2.24. The highest BCUT2D eigenvalue weighted by atomic mass is 16.1. The summed E-state index contributed by atoms with van der Waals surface area (Å²) in [6, 6.07) is 11.0. The fourth-order valence-corrected chi connectivity index (χ4v) is 3.26. The fourth-order valence-electron chi connectivity index (χ4n) is 3.26. The molecular weight excluding hydrogens is 326 g/mol. The van der Waals surface area contributed by atoms with Crippen LogP contribution in [0, 0.1) is 0 Å². The van der Waals surface area contributed by atoms with E-state index in [0.29, 0.717) is 17.8 Å². The van der Waals surface area contributed by atoms with Crippen molar-refractivity contribution < 1.29 is 4.79 Å². The molecule has 4 rings (SSSR count). The molecule has 0 unspecified atom stereocenters. The third-order valence-electron chi connectivity index (χ3n) is 4.70. The molecule has 2 aromatic heterocycles. The Morgan fingerprint density at radius 1 is 1.15 bits per heavy atom. The van der Waals surface area contributed by atoms with E-state index in [1.165, 1.54) is 31.3 Å². The van der Waals surface area contributed by atoms with E-state index in [2.05, 4.69) is 26.7 Å². The first-order valence-corrected chi connectivity index (χ1v) is 9.04. The van der Waals surface area contributed by atoms with Gasteiger partial charge >= 0.3 is 0 Å². The summed E-state index contributed by atoms with van der Waals surface area (Å²) >= 11 is 0. The van der Waals surface area contributed by atoms with Gasteiger partial charge in [0.15, 0.2) is 5.65 Å². The highest BCUT2D eigenvalue weighted by Gasteiger charge is 2.10. The van der Waals surface area contributed by atoms with E-state index < -0.39 is 0 Å². The molecule has 1 N–H and O–H groups in total. The maximum Gasteiger partial charge on any atom is 0.251 e. The highest BCUT2D eigenvalue weighted by Crippen LogP contribution is 2.19. The molecular formula is C20H21N5O. The molecule has 3 aromatic rings. The van der Waals surface area contributed by atoms with Crippen LogP contribution in [0.4, 0.5) is 0 Å². The minimum Gasteiger partial charge on any atom is -0.352 e. The molecule has 26 heavy (non-hydrogen) atoms. The van der Waals surface area contributed by atoms with Crippen LogP contribution in [0.5, 0.6) is 0 Å². The SMILES string of the molecule is O=C(NCCC1=CCCCC1)c1ccc(-n2nnc3cccnc32)cc1.